The fraction of sp³-hybridized carbons (Fsp3) is 0.500. The van der Waals surface area contributed by atoms with E-state index >= 15 is 0 Å². The summed E-state index contributed by atoms with van der Waals surface area (Å²) in [6.07, 6.45) is 3.94. The van der Waals surface area contributed by atoms with Crippen LogP contribution in [0.5, 0.6) is 0 Å². The van der Waals surface area contributed by atoms with Crippen molar-refractivity contribution in [2.24, 2.45) is 5.73 Å². The molecule has 0 aliphatic heterocycles. The van der Waals surface area contributed by atoms with Crippen LogP contribution in [0.3, 0.4) is 0 Å². The standard InChI is InChI=1S/C4H7NO.ClH/c1-2-4(6)3-5;/h1,4,6H,3,5H2;1H. The second kappa shape index (κ2) is 5.77. The predicted octanol–water partition coefficient (Wildman–Crippen LogP) is -0.639. The Morgan fingerprint density at radius 1 is 1.86 bits per heavy atom. The highest BCUT2D eigenvalue weighted by molar-refractivity contribution is 5.85. The van der Waals surface area contributed by atoms with Crippen molar-refractivity contribution in [1.82, 2.24) is 0 Å². The number of nitrogens with two attached hydrogens (primary N) is 1. The molecule has 0 aromatic carbocycles. The third-order valence-corrected chi connectivity index (χ3v) is 0.416. The van der Waals surface area contributed by atoms with Gasteiger partial charge in [0.25, 0.3) is 0 Å². The highest BCUT2D eigenvalue weighted by Crippen LogP contribution is 1.66. The number of terminal acetylenes is 1. The van der Waals surface area contributed by atoms with Crippen LogP contribution in [0.2, 0.25) is 0 Å². The molecule has 0 aromatic heterocycles. The first-order valence-electron chi connectivity index (χ1n) is 1.65. The van der Waals surface area contributed by atoms with Gasteiger partial charge in [-0.05, 0) is 0 Å². The van der Waals surface area contributed by atoms with Gasteiger partial charge >= 0.3 is 0 Å². The lowest BCUT2D eigenvalue weighted by atomic mass is 10.4. The van der Waals surface area contributed by atoms with E-state index in [1.165, 1.54) is 0 Å². The molecule has 0 aliphatic rings. The van der Waals surface area contributed by atoms with Gasteiger partial charge in [0.2, 0.25) is 0 Å². The molecular formula is C4H8ClNO. The van der Waals surface area contributed by atoms with E-state index in [2.05, 4.69) is 0 Å². The smallest absolute Gasteiger partial charge is 0.126 e. The average Bonchev–Trinajstić information content (AvgIpc) is 1.65. The zero-order chi connectivity index (χ0) is 4.99. The fourth-order valence-electron chi connectivity index (χ4n) is 0.0680. The van der Waals surface area contributed by atoms with Gasteiger partial charge in [-0.1, -0.05) is 5.92 Å². The third kappa shape index (κ3) is 5.77. The van der Waals surface area contributed by atoms with Gasteiger partial charge in [0.1, 0.15) is 6.10 Å². The Kier molecular flexibility index (Phi) is 8.17. The van der Waals surface area contributed by atoms with Crippen LogP contribution in [-0.4, -0.2) is 17.8 Å². The predicted molar refractivity (Wildman–Crippen MR) is 31.1 cm³/mol. The summed E-state index contributed by atoms with van der Waals surface area (Å²) in [7, 11) is 0. The van der Waals surface area contributed by atoms with Gasteiger partial charge in [0, 0.05) is 6.54 Å². The minimum atomic E-state index is -0.759. The monoisotopic (exact) mass is 121 g/mol. The molecule has 0 fully saturated rings. The molecule has 1 unspecified atom stereocenters. The van der Waals surface area contributed by atoms with Crippen LogP contribution in [0.25, 0.3) is 0 Å². The van der Waals surface area contributed by atoms with Crippen LogP contribution >= 0.6 is 12.4 Å². The van der Waals surface area contributed by atoms with Crippen LogP contribution in [0.1, 0.15) is 0 Å². The van der Waals surface area contributed by atoms with Gasteiger partial charge in [-0.2, -0.15) is 0 Å². The average molecular weight is 122 g/mol. The van der Waals surface area contributed by atoms with E-state index in [1.54, 1.807) is 0 Å². The van der Waals surface area contributed by atoms with Crippen LogP contribution in [0.15, 0.2) is 0 Å². The summed E-state index contributed by atoms with van der Waals surface area (Å²) >= 11 is 0. The Morgan fingerprint density at radius 2 is 2.29 bits per heavy atom. The van der Waals surface area contributed by atoms with Gasteiger partial charge in [0.05, 0.1) is 0 Å². The first-order chi connectivity index (χ1) is 2.81. The van der Waals surface area contributed by atoms with Crippen molar-refractivity contribution in [3.8, 4) is 12.3 Å². The maximum Gasteiger partial charge on any atom is 0.126 e. The number of aliphatic hydroxyl groups is 1. The van der Waals surface area contributed by atoms with Gasteiger partial charge < -0.3 is 10.8 Å². The zero-order valence-electron chi connectivity index (χ0n) is 3.79. The van der Waals surface area contributed by atoms with Crippen LogP contribution in [0, 0.1) is 12.3 Å². The summed E-state index contributed by atoms with van der Waals surface area (Å²) in [4.78, 5) is 0. The van der Waals surface area contributed by atoms with E-state index < -0.39 is 6.10 Å². The lowest BCUT2D eigenvalue weighted by Gasteiger charge is -1.90. The largest absolute Gasteiger partial charge is 0.379 e. The number of hydrogen-bond acceptors (Lipinski definition) is 2. The second-order valence-corrected chi connectivity index (χ2v) is 0.918. The Morgan fingerprint density at radius 3 is 2.29 bits per heavy atom. The quantitative estimate of drug-likeness (QED) is 0.454. The maximum absolute atomic E-state index is 8.31. The highest BCUT2D eigenvalue weighted by Gasteiger charge is 1.87. The van der Waals surface area contributed by atoms with Crippen molar-refractivity contribution in [2.45, 2.75) is 6.10 Å². The number of aliphatic hydroxyl groups excluding tert-OH is 1. The molecule has 0 aliphatic carbocycles. The molecule has 0 heterocycles. The molecule has 0 rings (SSSR count). The number of hydrogen-bond donors (Lipinski definition) is 2. The molecule has 0 saturated heterocycles. The molecular weight excluding hydrogens is 114 g/mol. The Hall–Kier alpha value is -0.230. The van der Waals surface area contributed by atoms with Crippen LogP contribution < -0.4 is 5.73 Å². The summed E-state index contributed by atoms with van der Waals surface area (Å²) < 4.78 is 0. The van der Waals surface area contributed by atoms with Crippen molar-refractivity contribution < 1.29 is 5.11 Å². The topological polar surface area (TPSA) is 46.2 Å². The van der Waals surface area contributed by atoms with E-state index in [0.717, 1.165) is 0 Å². The lowest BCUT2D eigenvalue weighted by Crippen LogP contribution is -2.16. The molecule has 0 radical (unpaired) electrons. The molecule has 3 N–H and O–H groups in total. The van der Waals surface area contributed by atoms with Gasteiger partial charge in [-0.3, -0.25) is 0 Å². The maximum atomic E-state index is 8.31. The molecule has 0 saturated carbocycles. The molecule has 7 heavy (non-hydrogen) atoms. The third-order valence-electron chi connectivity index (χ3n) is 0.416. The minimum absolute atomic E-state index is 0. The molecule has 0 aromatic rings. The molecule has 0 spiro atoms. The molecule has 0 bridgehead atoms. The molecule has 42 valence electrons. The Balaban J connectivity index is 0. The van der Waals surface area contributed by atoms with Gasteiger partial charge in [0.15, 0.2) is 0 Å². The highest BCUT2D eigenvalue weighted by atomic mass is 35.5. The van der Waals surface area contributed by atoms with Crippen LogP contribution in [0.4, 0.5) is 0 Å². The molecule has 0 amide bonds. The summed E-state index contributed by atoms with van der Waals surface area (Å²) in [5.41, 5.74) is 4.89. The van der Waals surface area contributed by atoms with Crippen molar-refractivity contribution in [2.75, 3.05) is 6.54 Å². The Bertz CT molecular complexity index is 68.6. The summed E-state index contributed by atoms with van der Waals surface area (Å²) in [6, 6.07) is 0. The van der Waals surface area contributed by atoms with E-state index in [4.69, 9.17) is 17.3 Å². The summed E-state index contributed by atoms with van der Waals surface area (Å²) in [5, 5.41) is 8.31. The normalized spacial score (nSPS) is 11.0. The Labute approximate surface area is 49.1 Å². The molecule has 1 atom stereocenters. The van der Waals surface area contributed by atoms with Crippen molar-refractivity contribution in [3.05, 3.63) is 0 Å². The lowest BCUT2D eigenvalue weighted by molar-refractivity contribution is 0.241. The van der Waals surface area contributed by atoms with E-state index in [1.807, 2.05) is 5.92 Å². The van der Waals surface area contributed by atoms with Gasteiger partial charge in [-0.15, -0.1) is 18.8 Å². The van der Waals surface area contributed by atoms with Crippen LogP contribution in [-0.2, 0) is 0 Å². The summed E-state index contributed by atoms with van der Waals surface area (Å²) in [6.45, 7) is 0.149. The zero-order valence-corrected chi connectivity index (χ0v) is 4.61. The SMILES string of the molecule is C#CC(O)CN.Cl. The molecule has 3 heteroatoms. The first-order valence-corrected chi connectivity index (χ1v) is 1.65. The van der Waals surface area contributed by atoms with E-state index in [0.29, 0.717) is 0 Å². The van der Waals surface area contributed by atoms with E-state index in [9.17, 15) is 0 Å². The van der Waals surface area contributed by atoms with E-state index in [-0.39, 0.29) is 19.0 Å². The van der Waals surface area contributed by atoms with Crippen molar-refractivity contribution >= 4 is 12.4 Å². The first kappa shape index (κ1) is 9.91. The number of rotatable bonds is 1. The molecule has 2 nitrogen and oxygen atoms in total. The summed E-state index contributed by atoms with van der Waals surface area (Å²) in [5.74, 6) is 2.05. The van der Waals surface area contributed by atoms with Crippen molar-refractivity contribution in [3.63, 3.8) is 0 Å². The minimum Gasteiger partial charge on any atom is -0.379 e. The fourth-order valence-corrected chi connectivity index (χ4v) is 0.0680. The van der Waals surface area contributed by atoms with Crippen molar-refractivity contribution in [1.29, 1.82) is 0 Å². The van der Waals surface area contributed by atoms with Gasteiger partial charge in [-0.25, -0.2) is 0 Å². The second-order valence-electron chi connectivity index (χ2n) is 0.918. The number of halogens is 1.